The molecule has 3 aromatic rings. The maximum absolute atomic E-state index is 13.2. The highest BCUT2D eigenvalue weighted by molar-refractivity contribution is 5.95. The van der Waals surface area contributed by atoms with E-state index in [0.717, 1.165) is 30.3 Å². The normalized spacial score (nSPS) is 15.7. The number of carbonyl (C=O) groups excluding carboxylic acids is 1. The summed E-state index contributed by atoms with van der Waals surface area (Å²) in [5.74, 6) is -0.352. The molecular formula is C21H23N5O3. The van der Waals surface area contributed by atoms with Crippen LogP contribution in [0.4, 0.5) is 0 Å². The molecule has 0 aliphatic heterocycles. The zero-order chi connectivity index (χ0) is 20.5. The van der Waals surface area contributed by atoms with Crippen LogP contribution in [0.3, 0.4) is 0 Å². The van der Waals surface area contributed by atoms with Crippen LogP contribution >= 0.6 is 0 Å². The summed E-state index contributed by atoms with van der Waals surface area (Å²) in [6, 6.07) is 8.72. The van der Waals surface area contributed by atoms with Gasteiger partial charge in [0, 0.05) is 20.3 Å². The van der Waals surface area contributed by atoms with E-state index in [0.29, 0.717) is 5.49 Å². The first-order valence-corrected chi connectivity index (χ1v) is 9.80. The van der Waals surface area contributed by atoms with Gasteiger partial charge in [0.05, 0.1) is 11.4 Å². The molecule has 29 heavy (non-hydrogen) atoms. The molecule has 1 aliphatic carbocycles. The second kappa shape index (κ2) is 7.62. The SMILES string of the molecule is Cn1c(=O)c2ccc(C(=O)n3ccccc3=NC3CCCCC3)nc2n(C)c1=O. The predicted octanol–water partition coefficient (Wildman–Crippen LogP) is 1.36. The fourth-order valence-corrected chi connectivity index (χ4v) is 3.80. The third-order valence-electron chi connectivity index (χ3n) is 5.47. The Morgan fingerprint density at radius 2 is 1.79 bits per heavy atom. The average Bonchev–Trinajstić information content (AvgIpc) is 2.76. The molecule has 0 aromatic carbocycles. The fourth-order valence-electron chi connectivity index (χ4n) is 3.80. The summed E-state index contributed by atoms with van der Waals surface area (Å²) in [6.07, 6.45) is 7.28. The number of hydrogen-bond acceptors (Lipinski definition) is 5. The smallest absolute Gasteiger partial charge is 0.280 e. The van der Waals surface area contributed by atoms with E-state index in [-0.39, 0.29) is 28.7 Å². The van der Waals surface area contributed by atoms with Crippen molar-refractivity contribution in [3.8, 4) is 0 Å². The summed E-state index contributed by atoms with van der Waals surface area (Å²) in [5.41, 5.74) is 0.00219. The standard InChI is InChI=1S/C21H23N5O3/c1-24-18-15(19(27)25(2)21(24)29)11-12-16(23-18)20(28)26-13-7-6-10-17(26)22-14-8-4-3-5-9-14/h6-7,10-14H,3-5,8-9H2,1-2H3. The maximum atomic E-state index is 13.2. The Kier molecular flexibility index (Phi) is 5.00. The summed E-state index contributed by atoms with van der Waals surface area (Å²) < 4.78 is 3.77. The van der Waals surface area contributed by atoms with Crippen LogP contribution in [0.25, 0.3) is 11.0 Å². The number of fused-ring (bicyclic) bond motifs is 1. The van der Waals surface area contributed by atoms with Crippen molar-refractivity contribution < 1.29 is 4.79 Å². The van der Waals surface area contributed by atoms with E-state index in [4.69, 9.17) is 4.99 Å². The third kappa shape index (κ3) is 3.46. The fraction of sp³-hybridized carbons (Fsp3) is 0.381. The van der Waals surface area contributed by atoms with Gasteiger partial charge >= 0.3 is 5.69 Å². The number of carbonyl (C=O) groups is 1. The Morgan fingerprint density at radius 1 is 1.03 bits per heavy atom. The molecule has 8 nitrogen and oxygen atoms in total. The van der Waals surface area contributed by atoms with Crippen molar-refractivity contribution in [3.05, 3.63) is 68.5 Å². The van der Waals surface area contributed by atoms with Crippen LogP contribution in [0, 0.1) is 0 Å². The summed E-state index contributed by atoms with van der Waals surface area (Å²) in [6.45, 7) is 0. The molecule has 0 N–H and O–H groups in total. The van der Waals surface area contributed by atoms with Gasteiger partial charge in [0.1, 0.15) is 16.8 Å². The predicted molar refractivity (Wildman–Crippen MR) is 109 cm³/mol. The lowest BCUT2D eigenvalue weighted by Gasteiger charge is -2.17. The Bertz CT molecular complexity index is 1280. The Morgan fingerprint density at radius 3 is 2.55 bits per heavy atom. The van der Waals surface area contributed by atoms with Crippen molar-refractivity contribution in [1.82, 2.24) is 18.7 Å². The van der Waals surface area contributed by atoms with Gasteiger partial charge in [-0.25, -0.2) is 9.78 Å². The number of pyridine rings is 2. The molecule has 150 valence electrons. The van der Waals surface area contributed by atoms with Crippen molar-refractivity contribution in [2.24, 2.45) is 19.1 Å². The molecule has 0 amide bonds. The number of nitrogens with zero attached hydrogens (tertiary/aromatic N) is 5. The molecule has 0 atom stereocenters. The highest BCUT2D eigenvalue weighted by atomic mass is 16.2. The Hall–Kier alpha value is -3.29. The second-order valence-corrected chi connectivity index (χ2v) is 7.43. The molecule has 1 saturated carbocycles. The van der Waals surface area contributed by atoms with Crippen LogP contribution in [-0.2, 0) is 14.1 Å². The van der Waals surface area contributed by atoms with E-state index in [2.05, 4.69) is 4.98 Å². The maximum Gasteiger partial charge on any atom is 0.332 e. The quantitative estimate of drug-likeness (QED) is 0.657. The van der Waals surface area contributed by atoms with Crippen LogP contribution in [0.1, 0.15) is 42.6 Å². The molecule has 3 heterocycles. The van der Waals surface area contributed by atoms with Crippen molar-refractivity contribution in [2.45, 2.75) is 38.1 Å². The van der Waals surface area contributed by atoms with Crippen molar-refractivity contribution in [1.29, 1.82) is 0 Å². The summed E-state index contributed by atoms with van der Waals surface area (Å²) in [4.78, 5) is 46.8. The van der Waals surface area contributed by atoms with E-state index in [9.17, 15) is 14.4 Å². The topological polar surface area (TPSA) is 91.2 Å². The number of aromatic nitrogens is 4. The lowest BCUT2D eigenvalue weighted by molar-refractivity contribution is 0.0949. The van der Waals surface area contributed by atoms with E-state index in [1.54, 1.807) is 18.3 Å². The average molecular weight is 393 g/mol. The van der Waals surface area contributed by atoms with Gasteiger partial charge < -0.3 is 0 Å². The third-order valence-corrected chi connectivity index (χ3v) is 5.47. The second-order valence-electron chi connectivity index (χ2n) is 7.43. The first kappa shape index (κ1) is 19.0. The van der Waals surface area contributed by atoms with E-state index >= 15 is 0 Å². The number of rotatable bonds is 2. The molecule has 0 bridgehead atoms. The van der Waals surface area contributed by atoms with Gasteiger partial charge in [-0.05, 0) is 37.1 Å². The molecule has 8 heteroatoms. The Balaban J connectivity index is 1.82. The zero-order valence-electron chi connectivity index (χ0n) is 16.5. The van der Waals surface area contributed by atoms with Gasteiger partial charge in [-0.1, -0.05) is 25.3 Å². The molecule has 0 spiro atoms. The van der Waals surface area contributed by atoms with Gasteiger partial charge in [0.15, 0.2) is 0 Å². The van der Waals surface area contributed by atoms with Crippen LogP contribution in [0.5, 0.6) is 0 Å². The monoisotopic (exact) mass is 393 g/mol. The lowest BCUT2D eigenvalue weighted by Crippen LogP contribution is -2.37. The molecule has 0 radical (unpaired) electrons. The van der Waals surface area contributed by atoms with Gasteiger partial charge in [0.2, 0.25) is 0 Å². The molecular weight excluding hydrogens is 370 g/mol. The van der Waals surface area contributed by atoms with Gasteiger partial charge in [-0.2, -0.15) is 0 Å². The molecule has 0 unspecified atom stereocenters. The van der Waals surface area contributed by atoms with Gasteiger partial charge in [-0.15, -0.1) is 0 Å². The highest BCUT2D eigenvalue weighted by Crippen LogP contribution is 2.19. The summed E-state index contributed by atoms with van der Waals surface area (Å²) in [5, 5.41) is 0.288. The molecule has 4 rings (SSSR count). The number of hydrogen-bond donors (Lipinski definition) is 0. The zero-order valence-corrected chi connectivity index (χ0v) is 16.5. The van der Waals surface area contributed by atoms with Crippen molar-refractivity contribution >= 4 is 16.9 Å². The summed E-state index contributed by atoms with van der Waals surface area (Å²) in [7, 11) is 2.95. The molecule has 1 fully saturated rings. The summed E-state index contributed by atoms with van der Waals surface area (Å²) >= 11 is 0. The van der Waals surface area contributed by atoms with Crippen LogP contribution in [-0.4, -0.2) is 30.6 Å². The first-order chi connectivity index (χ1) is 14.0. The minimum Gasteiger partial charge on any atom is -0.280 e. The van der Waals surface area contributed by atoms with Crippen LogP contribution < -0.4 is 16.7 Å². The van der Waals surface area contributed by atoms with Crippen LogP contribution in [0.2, 0.25) is 0 Å². The largest absolute Gasteiger partial charge is 0.332 e. The Labute approximate surface area is 166 Å². The van der Waals surface area contributed by atoms with E-state index < -0.39 is 11.2 Å². The highest BCUT2D eigenvalue weighted by Gasteiger charge is 2.17. The van der Waals surface area contributed by atoms with Gasteiger partial charge in [-0.3, -0.25) is 28.3 Å². The van der Waals surface area contributed by atoms with Crippen molar-refractivity contribution in [2.75, 3.05) is 0 Å². The molecule has 3 aromatic heterocycles. The molecule has 1 aliphatic rings. The van der Waals surface area contributed by atoms with Crippen molar-refractivity contribution in [3.63, 3.8) is 0 Å². The van der Waals surface area contributed by atoms with Crippen LogP contribution in [0.15, 0.2) is 51.1 Å². The minimum absolute atomic E-state index is 0.150. The van der Waals surface area contributed by atoms with E-state index in [1.807, 2.05) is 12.1 Å². The van der Waals surface area contributed by atoms with E-state index in [1.165, 1.54) is 35.7 Å². The molecule has 0 saturated heterocycles. The lowest BCUT2D eigenvalue weighted by atomic mass is 9.96. The van der Waals surface area contributed by atoms with Gasteiger partial charge in [0.25, 0.3) is 11.5 Å². The number of aryl methyl sites for hydroxylation is 1. The minimum atomic E-state index is -0.486. The first-order valence-electron chi connectivity index (χ1n) is 9.80.